The Hall–Kier alpha value is -0.930. The van der Waals surface area contributed by atoms with Crippen LogP contribution in [0, 0.1) is 5.41 Å². The molecule has 1 aliphatic rings. The summed E-state index contributed by atoms with van der Waals surface area (Å²) in [6, 6.07) is 8.36. The van der Waals surface area contributed by atoms with Gasteiger partial charge in [0.2, 0.25) is 0 Å². The van der Waals surface area contributed by atoms with Gasteiger partial charge in [-0.1, -0.05) is 18.6 Å². The number of nitrogens with one attached hydrogen (secondary N) is 2. The normalized spacial score (nSPS) is 15.7. The van der Waals surface area contributed by atoms with Crippen LogP contribution < -0.4 is 10.6 Å². The second kappa shape index (κ2) is 11.9. The van der Waals surface area contributed by atoms with Crippen LogP contribution >= 0.6 is 35.3 Å². The van der Waals surface area contributed by atoms with E-state index < -0.39 is 0 Å². The molecule has 1 aliphatic carbocycles. The Kier molecular flexibility index (Phi) is 9.94. The Morgan fingerprint density at radius 3 is 2.79 bits per heavy atom. The number of aromatic nitrogens is 1. The Morgan fingerprint density at radius 2 is 2.11 bits per heavy atom. The second-order valence-corrected chi connectivity index (χ2v) is 8.51. The van der Waals surface area contributed by atoms with Gasteiger partial charge in [0.15, 0.2) is 5.96 Å². The molecular formula is C21H33IN4OS. The molecule has 1 aromatic carbocycles. The number of thiazole rings is 1. The fourth-order valence-corrected chi connectivity index (χ4v) is 4.55. The van der Waals surface area contributed by atoms with Crippen molar-refractivity contribution >= 4 is 51.5 Å². The second-order valence-electron chi connectivity index (χ2n) is 7.40. The van der Waals surface area contributed by atoms with Crippen molar-refractivity contribution in [1.82, 2.24) is 15.6 Å². The van der Waals surface area contributed by atoms with Gasteiger partial charge >= 0.3 is 0 Å². The lowest BCUT2D eigenvalue weighted by molar-refractivity contribution is 0.0778. The molecule has 0 atom stereocenters. The summed E-state index contributed by atoms with van der Waals surface area (Å²) in [4.78, 5) is 9.58. The monoisotopic (exact) mass is 516 g/mol. The number of hydrogen-bond acceptors (Lipinski definition) is 4. The smallest absolute Gasteiger partial charge is 0.191 e. The highest BCUT2D eigenvalue weighted by Crippen LogP contribution is 2.44. The van der Waals surface area contributed by atoms with E-state index in [4.69, 9.17) is 14.7 Å². The first-order valence-corrected chi connectivity index (χ1v) is 10.9. The van der Waals surface area contributed by atoms with Gasteiger partial charge in [0.05, 0.1) is 15.2 Å². The third-order valence-electron chi connectivity index (χ3n) is 5.37. The molecule has 2 N–H and O–H groups in total. The van der Waals surface area contributed by atoms with Crippen LogP contribution in [0.2, 0.25) is 0 Å². The molecule has 0 saturated heterocycles. The Bertz CT molecular complexity index is 712. The molecule has 1 aromatic heterocycles. The zero-order valence-electron chi connectivity index (χ0n) is 17.0. The quantitative estimate of drug-likeness (QED) is 0.210. The number of guanidine groups is 1. The highest BCUT2D eigenvalue weighted by atomic mass is 127. The largest absolute Gasteiger partial charge is 0.385 e. The molecule has 1 fully saturated rings. The molecule has 1 saturated carbocycles. The van der Waals surface area contributed by atoms with Gasteiger partial charge in [-0.05, 0) is 50.2 Å². The van der Waals surface area contributed by atoms with Crippen LogP contribution in [0.25, 0.3) is 10.2 Å². The average molecular weight is 516 g/mol. The average Bonchev–Trinajstić information content (AvgIpc) is 3.06. The van der Waals surface area contributed by atoms with E-state index in [0.717, 1.165) is 57.0 Å². The van der Waals surface area contributed by atoms with Crippen molar-refractivity contribution in [2.24, 2.45) is 10.4 Å². The van der Waals surface area contributed by atoms with E-state index in [1.54, 1.807) is 18.4 Å². The standard InChI is InChI=1S/C21H32N4OS.HI/c1-3-22-20(24-16-21(11-7-12-21)13-15-26-2)23-14-6-10-19-25-17-8-4-5-9-18(17)27-19;/h4-5,8-9H,3,6-7,10-16H2,1-2H3,(H2,22,23,24);1H. The molecule has 0 spiro atoms. The van der Waals surface area contributed by atoms with Gasteiger partial charge in [0.25, 0.3) is 0 Å². The molecule has 5 nitrogen and oxygen atoms in total. The lowest BCUT2D eigenvalue weighted by Gasteiger charge is -2.40. The van der Waals surface area contributed by atoms with Gasteiger partial charge in [0, 0.05) is 39.8 Å². The maximum atomic E-state index is 5.29. The Morgan fingerprint density at radius 1 is 1.29 bits per heavy atom. The molecule has 0 unspecified atom stereocenters. The molecule has 156 valence electrons. The summed E-state index contributed by atoms with van der Waals surface area (Å²) in [6.07, 6.45) is 7.05. The molecule has 0 radical (unpaired) electrons. The number of hydrogen-bond donors (Lipinski definition) is 2. The summed E-state index contributed by atoms with van der Waals surface area (Å²) in [5.41, 5.74) is 1.47. The number of para-hydroxylation sites is 1. The van der Waals surface area contributed by atoms with Crippen molar-refractivity contribution < 1.29 is 4.74 Å². The van der Waals surface area contributed by atoms with E-state index in [9.17, 15) is 0 Å². The first-order chi connectivity index (χ1) is 13.2. The molecule has 0 amide bonds. The minimum absolute atomic E-state index is 0. The maximum absolute atomic E-state index is 5.29. The maximum Gasteiger partial charge on any atom is 0.191 e. The molecule has 0 aliphatic heterocycles. The zero-order chi connectivity index (χ0) is 19.0. The number of aliphatic imine (C=N–C) groups is 1. The Labute approximate surface area is 189 Å². The summed E-state index contributed by atoms with van der Waals surface area (Å²) in [5, 5.41) is 8.08. The van der Waals surface area contributed by atoms with E-state index in [1.165, 1.54) is 29.0 Å². The van der Waals surface area contributed by atoms with E-state index in [1.807, 2.05) is 6.07 Å². The summed E-state index contributed by atoms with van der Waals surface area (Å²) < 4.78 is 6.56. The molecule has 0 bridgehead atoms. The minimum atomic E-state index is 0. The predicted octanol–water partition coefficient (Wildman–Crippen LogP) is 4.61. The number of benzene rings is 1. The van der Waals surface area contributed by atoms with E-state index in [0.29, 0.717) is 5.41 Å². The molecule has 1 heterocycles. The summed E-state index contributed by atoms with van der Waals surface area (Å²) in [5.74, 6) is 0.936. The van der Waals surface area contributed by atoms with Crippen LogP contribution in [-0.4, -0.2) is 44.3 Å². The summed E-state index contributed by atoms with van der Waals surface area (Å²) in [6.45, 7) is 5.63. The fraction of sp³-hybridized carbons (Fsp3) is 0.619. The lowest BCUT2D eigenvalue weighted by Crippen LogP contribution is -2.40. The van der Waals surface area contributed by atoms with Crippen LogP contribution in [-0.2, 0) is 11.2 Å². The number of halogens is 1. The van der Waals surface area contributed by atoms with Crippen LogP contribution in [0.5, 0.6) is 0 Å². The van der Waals surface area contributed by atoms with Crippen molar-refractivity contribution in [3.63, 3.8) is 0 Å². The van der Waals surface area contributed by atoms with Crippen LogP contribution in [0.3, 0.4) is 0 Å². The fourth-order valence-electron chi connectivity index (χ4n) is 3.54. The van der Waals surface area contributed by atoms with Gasteiger partial charge < -0.3 is 15.4 Å². The third-order valence-corrected chi connectivity index (χ3v) is 6.46. The molecule has 3 rings (SSSR count). The highest BCUT2D eigenvalue weighted by Gasteiger charge is 2.36. The van der Waals surface area contributed by atoms with E-state index >= 15 is 0 Å². The van der Waals surface area contributed by atoms with Crippen molar-refractivity contribution in [3.8, 4) is 0 Å². The van der Waals surface area contributed by atoms with Crippen LogP contribution in [0.4, 0.5) is 0 Å². The number of ether oxygens (including phenoxy) is 1. The Balaban J connectivity index is 0.00000280. The van der Waals surface area contributed by atoms with Gasteiger partial charge in [-0.3, -0.25) is 4.99 Å². The third kappa shape index (κ3) is 6.56. The number of nitrogens with zero attached hydrogens (tertiary/aromatic N) is 2. The summed E-state index contributed by atoms with van der Waals surface area (Å²) in [7, 11) is 1.78. The summed E-state index contributed by atoms with van der Waals surface area (Å²) >= 11 is 1.80. The first-order valence-electron chi connectivity index (χ1n) is 10.1. The number of fused-ring (bicyclic) bond motifs is 1. The van der Waals surface area contributed by atoms with E-state index in [2.05, 4.69) is 35.8 Å². The molecular weight excluding hydrogens is 483 g/mol. The van der Waals surface area contributed by atoms with E-state index in [-0.39, 0.29) is 24.0 Å². The van der Waals surface area contributed by atoms with Crippen molar-refractivity contribution in [2.75, 3.05) is 33.4 Å². The van der Waals surface area contributed by atoms with Crippen molar-refractivity contribution in [2.45, 2.75) is 45.4 Å². The molecule has 28 heavy (non-hydrogen) atoms. The number of rotatable bonds is 10. The van der Waals surface area contributed by atoms with Crippen molar-refractivity contribution in [1.29, 1.82) is 0 Å². The van der Waals surface area contributed by atoms with Gasteiger partial charge in [-0.15, -0.1) is 35.3 Å². The lowest BCUT2D eigenvalue weighted by atomic mass is 9.67. The zero-order valence-corrected chi connectivity index (χ0v) is 20.1. The SMILES string of the molecule is CCNC(=NCC1(CCOC)CCC1)NCCCc1nc2ccccc2s1.I. The number of aryl methyl sites for hydroxylation is 1. The first kappa shape index (κ1) is 23.3. The topological polar surface area (TPSA) is 58.5 Å². The van der Waals surface area contributed by atoms with Gasteiger partial charge in [-0.2, -0.15) is 0 Å². The van der Waals surface area contributed by atoms with Gasteiger partial charge in [-0.25, -0.2) is 4.98 Å². The molecule has 7 heteroatoms. The molecule has 2 aromatic rings. The minimum Gasteiger partial charge on any atom is -0.385 e. The van der Waals surface area contributed by atoms with Crippen molar-refractivity contribution in [3.05, 3.63) is 29.3 Å². The number of methoxy groups -OCH3 is 1. The van der Waals surface area contributed by atoms with Crippen LogP contribution in [0.1, 0.15) is 44.0 Å². The highest BCUT2D eigenvalue weighted by molar-refractivity contribution is 14.0. The predicted molar refractivity (Wildman–Crippen MR) is 130 cm³/mol. The van der Waals surface area contributed by atoms with Gasteiger partial charge in [0.1, 0.15) is 0 Å². The van der Waals surface area contributed by atoms with Crippen LogP contribution in [0.15, 0.2) is 29.3 Å².